The highest BCUT2D eigenvalue weighted by molar-refractivity contribution is 5.67. The average molecular weight is 300 g/mol. The number of amides is 1. The third kappa shape index (κ3) is 8.94. The Morgan fingerprint density at radius 2 is 2.00 bits per heavy atom. The summed E-state index contributed by atoms with van der Waals surface area (Å²) in [5.74, 6) is 0. The smallest absolute Gasteiger partial charge is 0.407 e. The topological polar surface area (TPSA) is 59.6 Å². The first-order chi connectivity index (χ1) is 9.74. The van der Waals surface area contributed by atoms with Crippen molar-refractivity contribution in [2.45, 2.75) is 65.0 Å². The monoisotopic (exact) mass is 300 g/mol. The van der Waals surface area contributed by atoms with E-state index in [2.05, 4.69) is 17.6 Å². The van der Waals surface area contributed by atoms with Crippen LogP contribution in [0.2, 0.25) is 0 Å². The van der Waals surface area contributed by atoms with Crippen molar-refractivity contribution in [2.24, 2.45) is 5.41 Å². The number of hydrogen-bond acceptors (Lipinski definition) is 4. The van der Waals surface area contributed by atoms with Crippen LogP contribution in [0.25, 0.3) is 0 Å². The molecule has 0 aromatic carbocycles. The van der Waals surface area contributed by atoms with E-state index in [-0.39, 0.29) is 6.09 Å². The van der Waals surface area contributed by atoms with Crippen molar-refractivity contribution in [1.82, 2.24) is 10.6 Å². The van der Waals surface area contributed by atoms with Crippen molar-refractivity contribution >= 4 is 6.09 Å². The lowest BCUT2D eigenvalue weighted by Crippen LogP contribution is -2.38. The lowest BCUT2D eigenvalue weighted by molar-refractivity contribution is 0.0526. The second-order valence-electron chi connectivity index (χ2n) is 7.41. The van der Waals surface area contributed by atoms with E-state index >= 15 is 0 Å². The van der Waals surface area contributed by atoms with E-state index in [0.29, 0.717) is 24.6 Å². The average Bonchev–Trinajstić information content (AvgIpc) is 3.08. The lowest BCUT2D eigenvalue weighted by atomic mass is 10.1. The molecule has 0 radical (unpaired) electrons. The molecule has 0 aromatic rings. The lowest BCUT2D eigenvalue weighted by Gasteiger charge is -2.21. The van der Waals surface area contributed by atoms with Crippen LogP contribution in [0.1, 0.15) is 53.4 Å². The van der Waals surface area contributed by atoms with E-state index in [4.69, 9.17) is 9.47 Å². The van der Waals surface area contributed by atoms with Crippen molar-refractivity contribution in [3.63, 3.8) is 0 Å². The van der Waals surface area contributed by atoms with Gasteiger partial charge in [-0.3, -0.25) is 0 Å². The van der Waals surface area contributed by atoms with Crippen LogP contribution in [0.4, 0.5) is 4.79 Å². The summed E-state index contributed by atoms with van der Waals surface area (Å²) in [6.07, 6.45) is 4.19. The Morgan fingerprint density at radius 3 is 2.52 bits per heavy atom. The minimum Gasteiger partial charge on any atom is -0.444 e. The zero-order chi connectivity index (χ0) is 15.9. The van der Waals surface area contributed by atoms with Gasteiger partial charge in [0.25, 0.3) is 0 Å². The Morgan fingerprint density at radius 1 is 1.33 bits per heavy atom. The number of hydrogen-bond donors (Lipinski definition) is 2. The number of alkyl carbamates (subject to hydrolysis) is 1. The van der Waals surface area contributed by atoms with E-state index in [1.807, 2.05) is 20.8 Å². The number of carbonyl (C=O) groups is 1. The molecule has 0 saturated heterocycles. The molecule has 1 saturated carbocycles. The highest BCUT2D eigenvalue weighted by atomic mass is 16.6. The van der Waals surface area contributed by atoms with Gasteiger partial charge in [0.05, 0.1) is 6.61 Å². The first kappa shape index (κ1) is 18.2. The molecule has 1 amide bonds. The fourth-order valence-electron chi connectivity index (χ4n) is 2.08. The van der Waals surface area contributed by atoms with Crippen LogP contribution in [-0.2, 0) is 9.47 Å². The molecule has 0 aromatic heterocycles. The van der Waals surface area contributed by atoms with Gasteiger partial charge in [0, 0.05) is 26.2 Å². The van der Waals surface area contributed by atoms with Gasteiger partial charge < -0.3 is 20.1 Å². The summed E-state index contributed by atoms with van der Waals surface area (Å²) < 4.78 is 10.5. The number of methoxy groups -OCH3 is 1. The molecule has 1 atom stereocenters. The van der Waals surface area contributed by atoms with Crippen molar-refractivity contribution < 1.29 is 14.3 Å². The molecule has 2 N–H and O–H groups in total. The highest BCUT2D eigenvalue weighted by Crippen LogP contribution is 2.44. The van der Waals surface area contributed by atoms with Crippen LogP contribution in [-0.4, -0.2) is 44.5 Å². The van der Waals surface area contributed by atoms with Gasteiger partial charge in [-0.05, 0) is 51.9 Å². The van der Waals surface area contributed by atoms with Crippen LogP contribution in [0, 0.1) is 5.41 Å². The van der Waals surface area contributed by atoms with E-state index in [0.717, 1.165) is 19.4 Å². The first-order valence-electron chi connectivity index (χ1n) is 7.93. The molecule has 124 valence electrons. The minimum absolute atomic E-state index is 0.343. The molecule has 1 unspecified atom stereocenters. The maximum absolute atomic E-state index is 11.5. The number of carbonyl (C=O) groups excluding carboxylic acids is 1. The predicted octanol–water partition coefficient (Wildman–Crippen LogP) is 2.70. The van der Waals surface area contributed by atoms with Gasteiger partial charge in [-0.25, -0.2) is 4.79 Å². The molecule has 1 aliphatic rings. The van der Waals surface area contributed by atoms with Gasteiger partial charge in [0.15, 0.2) is 0 Å². The molecule has 0 spiro atoms. The zero-order valence-electron chi connectivity index (χ0n) is 14.3. The molecular formula is C16H32N2O3. The second kappa shape index (κ2) is 7.99. The van der Waals surface area contributed by atoms with E-state index in [9.17, 15) is 4.79 Å². The summed E-state index contributed by atoms with van der Waals surface area (Å²) in [4.78, 5) is 11.5. The van der Waals surface area contributed by atoms with Crippen molar-refractivity contribution in [3.8, 4) is 0 Å². The number of rotatable bonds is 9. The van der Waals surface area contributed by atoms with Crippen LogP contribution in [0.15, 0.2) is 0 Å². The van der Waals surface area contributed by atoms with Crippen LogP contribution < -0.4 is 10.6 Å². The maximum Gasteiger partial charge on any atom is 0.407 e. The Bertz CT molecular complexity index is 322. The SMILES string of the molecule is COCC(CCCNC(=O)OC(C)(C)C)NCC1(C)CC1. The predicted molar refractivity (Wildman–Crippen MR) is 84.5 cm³/mol. The summed E-state index contributed by atoms with van der Waals surface area (Å²) >= 11 is 0. The summed E-state index contributed by atoms with van der Waals surface area (Å²) in [6.45, 7) is 10.3. The summed E-state index contributed by atoms with van der Waals surface area (Å²) in [5, 5.41) is 6.37. The number of ether oxygens (including phenoxy) is 2. The Hall–Kier alpha value is -0.810. The second-order valence-corrected chi connectivity index (χ2v) is 7.41. The standard InChI is InChI=1S/C16H32N2O3/c1-15(2,3)21-14(19)17-10-6-7-13(11-20-5)18-12-16(4)8-9-16/h13,18H,6-12H2,1-5H3,(H,17,19). The molecule has 21 heavy (non-hydrogen) atoms. The molecule has 0 heterocycles. The highest BCUT2D eigenvalue weighted by Gasteiger charge is 2.37. The van der Waals surface area contributed by atoms with E-state index < -0.39 is 5.60 Å². The molecule has 1 aliphatic carbocycles. The van der Waals surface area contributed by atoms with Gasteiger partial charge in [0.1, 0.15) is 5.60 Å². The fourth-order valence-corrected chi connectivity index (χ4v) is 2.08. The zero-order valence-corrected chi connectivity index (χ0v) is 14.3. The third-order valence-corrected chi connectivity index (χ3v) is 3.69. The normalized spacial score (nSPS) is 18.1. The van der Waals surface area contributed by atoms with Crippen LogP contribution >= 0.6 is 0 Å². The Kier molecular flexibility index (Phi) is 6.94. The third-order valence-electron chi connectivity index (χ3n) is 3.69. The molecule has 1 rings (SSSR count). The summed E-state index contributed by atoms with van der Waals surface area (Å²) in [6, 6.07) is 0.355. The summed E-state index contributed by atoms with van der Waals surface area (Å²) in [5.41, 5.74) is 0.0602. The minimum atomic E-state index is -0.441. The molecule has 5 heteroatoms. The van der Waals surface area contributed by atoms with Gasteiger partial charge in [-0.2, -0.15) is 0 Å². The maximum atomic E-state index is 11.5. The van der Waals surface area contributed by atoms with Crippen molar-refractivity contribution in [3.05, 3.63) is 0 Å². The van der Waals surface area contributed by atoms with Crippen LogP contribution in [0.5, 0.6) is 0 Å². The van der Waals surface area contributed by atoms with Gasteiger partial charge in [-0.15, -0.1) is 0 Å². The molecule has 0 aliphatic heterocycles. The van der Waals surface area contributed by atoms with Gasteiger partial charge in [0.2, 0.25) is 0 Å². The fraction of sp³-hybridized carbons (Fsp3) is 0.938. The Balaban J connectivity index is 2.13. The van der Waals surface area contributed by atoms with Crippen LogP contribution in [0.3, 0.4) is 0 Å². The number of nitrogens with one attached hydrogen (secondary N) is 2. The van der Waals surface area contributed by atoms with Gasteiger partial charge >= 0.3 is 6.09 Å². The molecule has 0 bridgehead atoms. The molecular weight excluding hydrogens is 268 g/mol. The Labute approximate surface area is 129 Å². The largest absolute Gasteiger partial charge is 0.444 e. The van der Waals surface area contributed by atoms with E-state index in [1.165, 1.54) is 12.8 Å². The molecule has 5 nitrogen and oxygen atoms in total. The quantitative estimate of drug-likeness (QED) is 0.643. The van der Waals surface area contributed by atoms with Crippen molar-refractivity contribution in [1.29, 1.82) is 0 Å². The van der Waals surface area contributed by atoms with E-state index in [1.54, 1.807) is 7.11 Å². The van der Waals surface area contributed by atoms with Gasteiger partial charge in [-0.1, -0.05) is 6.92 Å². The first-order valence-corrected chi connectivity index (χ1v) is 7.93. The summed E-state index contributed by atoms with van der Waals surface area (Å²) in [7, 11) is 1.73. The van der Waals surface area contributed by atoms with Crippen molar-refractivity contribution in [2.75, 3.05) is 26.8 Å². The molecule has 1 fully saturated rings.